The summed E-state index contributed by atoms with van der Waals surface area (Å²) in [5.74, 6) is 0.841. The van der Waals surface area contributed by atoms with Crippen molar-refractivity contribution in [1.29, 1.82) is 0 Å². The molecule has 5 nitrogen and oxygen atoms in total. The first kappa shape index (κ1) is 11.6. The largest absolute Gasteiger partial charge is 0.439 e. The first-order valence-electron chi connectivity index (χ1n) is 4.88. The van der Waals surface area contributed by atoms with Crippen molar-refractivity contribution in [2.24, 2.45) is 0 Å². The molecular formula is C11H9ClN2O3. The standard InChI is InChI=1S/C11H9ClN2O3/c1-7-2-3-9(14(15)16)8(4-7)10-6-13-11(5-12)17-10/h2-4,6H,5H2,1H3. The fourth-order valence-electron chi connectivity index (χ4n) is 1.50. The lowest BCUT2D eigenvalue weighted by atomic mass is 10.1. The van der Waals surface area contributed by atoms with Crippen molar-refractivity contribution in [1.82, 2.24) is 4.98 Å². The molecule has 0 unspecified atom stereocenters. The molecule has 0 aliphatic heterocycles. The van der Waals surface area contributed by atoms with E-state index in [4.69, 9.17) is 16.0 Å². The summed E-state index contributed by atoms with van der Waals surface area (Å²) in [5.41, 5.74) is 1.32. The Morgan fingerprint density at radius 3 is 2.88 bits per heavy atom. The van der Waals surface area contributed by atoms with E-state index in [9.17, 15) is 10.1 Å². The highest BCUT2D eigenvalue weighted by Crippen LogP contribution is 2.31. The van der Waals surface area contributed by atoms with Gasteiger partial charge in [-0.1, -0.05) is 6.07 Å². The van der Waals surface area contributed by atoms with Crippen LogP contribution in [-0.4, -0.2) is 9.91 Å². The number of aryl methyl sites for hydroxylation is 1. The average molecular weight is 253 g/mol. The third-order valence-electron chi connectivity index (χ3n) is 2.28. The van der Waals surface area contributed by atoms with Crippen LogP contribution in [0.15, 0.2) is 28.8 Å². The normalized spacial score (nSPS) is 10.5. The SMILES string of the molecule is Cc1ccc([N+](=O)[O-])c(-c2cnc(CCl)o2)c1. The molecule has 0 fully saturated rings. The molecule has 0 aliphatic carbocycles. The zero-order valence-electron chi connectivity index (χ0n) is 9.01. The van der Waals surface area contributed by atoms with Gasteiger partial charge in [-0.3, -0.25) is 10.1 Å². The van der Waals surface area contributed by atoms with Gasteiger partial charge >= 0.3 is 0 Å². The average Bonchev–Trinajstić information content (AvgIpc) is 2.76. The van der Waals surface area contributed by atoms with Crippen LogP contribution in [0, 0.1) is 17.0 Å². The summed E-state index contributed by atoms with van der Waals surface area (Å²) in [7, 11) is 0. The molecule has 0 bridgehead atoms. The second-order valence-corrected chi connectivity index (χ2v) is 3.80. The number of halogens is 1. The van der Waals surface area contributed by atoms with E-state index in [-0.39, 0.29) is 11.6 Å². The van der Waals surface area contributed by atoms with Crippen molar-refractivity contribution in [3.63, 3.8) is 0 Å². The second kappa shape index (κ2) is 4.55. The van der Waals surface area contributed by atoms with Crippen LogP contribution in [0.4, 0.5) is 5.69 Å². The first-order valence-corrected chi connectivity index (χ1v) is 5.41. The molecule has 88 valence electrons. The van der Waals surface area contributed by atoms with Gasteiger partial charge in [-0.2, -0.15) is 0 Å². The fourth-order valence-corrected chi connectivity index (χ4v) is 1.63. The van der Waals surface area contributed by atoms with Crippen LogP contribution in [0.2, 0.25) is 0 Å². The van der Waals surface area contributed by atoms with E-state index in [2.05, 4.69) is 4.98 Å². The molecule has 0 spiro atoms. The molecule has 1 aromatic carbocycles. The van der Waals surface area contributed by atoms with Gasteiger partial charge in [0.25, 0.3) is 5.69 Å². The summed E-state index contributed by atoms with van der Waals surface area (Å²) in [6, 6.07) is 4.82. The highest BCUT2D eigenvalue weighted by atomic mass is 35.5. The third kappa shape index (κ3) is 2.29. The second-order valence-electron chi connectivity index (χ2n) is 3.53. The lowest BCUT2D eigenvalue weighted by molar-refractivity contribution is -0.384. The monoisotopic (exact) mass is 252 g/mol. The Bertz CT molecular complexity index is 566. The summed E-state index contributed by atoms with van der Waals surface area (Å²) < 4.78 is 5.32. The molecule has 0 aliphatic rings. The molecule has 17 heavy (non-hydrogen) atoms. The smallest absolute Gasteiger partial charge is 0.280 e. The number of nitro benzene ring substituents is 1. The van der Waals surface area contributed by atoms with Crippen molar-refractivity contribution in [2.75, 3.05) is 0 Å². The van der Waals surface area contributed by atoms with Crippen LogP contribution >= 0.6 is 11.6 Å². The van der Waals surface area contributed by atoms with Crippen LogP contribution in [0.3, 0.4) is 0 Å². The lowest BCUT2D eigenvalue weighted by Gasteiger charge is -2.00. The van der Waals surface area contributed by atoms with Gasteiger partial charge in [0.2, 0.25) is 5.89 Å². The maximum atomic E-state index is 10.9. The Kier molecular flexibility index (Phi) is 3.10. The van der Waals surface area contributed by atoms with E-state index in [0.29, 0.717) is 17.2 Å². The van der Waals surface area contributed by atoms with E-state index in [0.717, 1.165) is 5.56 Å². The maximum absolute atomic E-state index is 10.9. The zero-order valence-corrected chi connectivity index (χ0v) is 9.77. The number of aromatic nitrogens is 1. The molecule has 1 heterocycles. The van der Waals surface area contributed by atoms with Gasteiger partial charge in [0.1, 0.15) is 0 Å². The number of alkyl halides is 1. The molecule has 2 aromatic rings. The van der Waals surface area contributed by atoms with E-state index in [1.165, 1.54) is 12.3 Å². The van der Waals surface area contributed by atoms with Crippen molar-refractivity contribution in [3.8, 4) is 11.3 Å². The van der Waals surface area contributed by atoms with Crippen LogP contribution in [0.5, 0.6) is 0 Å². The van der Waals surface area contributed by atoms with Crippen molar-refractivity contribution in [2.45, 2.75) is 12.8 Å². The molecule has 0 atom stereocenters. The van der Waals surface area contributed by atoms with Crippen LogP contribution < -0.4 is 0 Å². The number of rotatable bonds is 3. The van der Waals surface area contributed by atoms with E-state index < -0.39 is 4.92 Å². The highest BCUT2D eigenvalue weighted by Gasteiger charge is 2.18. The molecule has 0 amide bonds. The van der Waals surface area contributed by atoms with Crippen LogP contribution in [0.25, 0.3) is 11.3 Å². The molecule has 0 saturated heterocycles. The zero-order chi connectivity index (χ0) is 12.4. The van der Waals surface area contributed by atoms with Gasteiger partial charge in [0, 0.05) is 6.07 Å². The Balaban J connectivity index is 2.56. The number of benzene rings is 1. The minimum atomic E-state index is -0.447. The van der Waals surface area contributed by atoms with Crippen LogP contribution in [0.1, 0.15) is 11.5 Å². The molecule has 1 aromatic heterocycles. The molecular weight excluding hydrogens is 244 g/mol. The van der Waals surface area contributed by atoms with Gasteiger partial charge in [-0.15, -0.1) is 11.6 Å². The molecule has 0 radical (unpaired) electrons. The molecule has 0 saturated carbocycles. The van der Waals surface area contributed by atoms with Crippen molar-refractivity contribution < 1.29 is 9.34 Å². The summed E-state index contributed by atoms with van der Waals surface area (Å²) in [6.45, 7) is 1.85. The minimum Gasteiger partial charge on any atom is -0.439 e. The number of nitrogens with zero attached hydrogens (tertiary/aromatic N) is 2. The molecule has 0 N–H and O–H groups in total. The Morgan fingerprint density at radius 1 is 1.53 bits per heavy atom. The minimum absolute atomic E-state index is 0.00660. The van der Waals surface area contributed by atoms with Gasteiger partial charge < -0.3 is 4.42 Å². The summed E-state index contributed by atoms with van der Waals surface area (Å²) in [4.78, 5) is 14.4. The third-order valence-corrected chi connectivity index (χ3v) is 2.51. The summed E-state index contributed by atoms with van der Waals surface area (Å²) in [6.07, 6.45) is 1.44. The van der Waals surface area contributed by atoms with Crippen LogP contribution in [-0.2, 0) is 5.88 Å². The topological polar surface area (TPSA) is 69.2 Å². The Labute approximate surface area is 102 Å². The molecule has 2 rings (SSSR count). The predicted octanol–water partition coefficient (Wildman–Crippen LogP) is 3.30. The van der Waals surface area contributed by atoms with E-state index >= 15 is 0 Å². The number of oxazole rings is 1. The van der Waals surface area contributed by atoms with Gasteiger partial charge in [0.05, 0.1) is 22.6 Å². The molecule has 6 heteroatoms. The van der Waals surface area contributed by atoms with E-state index in [1.807, 2.05) is 6.92 Å². The fraction of sp³-hybridized carbons (Fsp3) is 0.182. The quantitative estimate of drug-likeness (QED) is 0.477. The predicted molar refractivity (Wildman–Crippen MR) is 62.9 cm³/mol. The lowest BCUT2D eigenvalue weighted by Crippen LogP contribution is -1.91. The summed E-state index contributed by atoms with van der Waals surface area (Å²) >= 11 is 5.57. The van der Waals surface area contributed by atoms with Crippen molar-refractivity contribution in [3.05, 3.63) is 46.0 Å². The van der Waals surface area contributed by atoms with E-state index in [1.54, 1.807) is 12.1 Å². The number of nitro groups is 1. The first-order chi connectivity index (χ1) is 8.11. The van der Waals surface area contributed by atoms with Crippen molar-refractivity contribution >= 4 is 17.3 Å². The Morgan fingerprint density at radius 2 is 2.29 bits per heavy atom. The van der Waals surface area contributed by atoms with Gasteiger partial charge in [-0.05, 0) is 18.6 Å². The van der Waals surface area contributed by atoms with Gasteiger partial charge in [-0.25, -0.2) is 4.98 Å². The van der Waals surface area contributed by atoms with Gasteiger partial charge in [0.15, 0.2) is 5.76 Å². The number of hydrogen-bond donors (Lipinski definition) is 0. The maximum Gasteiger partial charge on any atom is 0.280 e. The Hall–Kier alpha value is -1.88. The summed E-state index contributed by atoms with van der Waals surface area (Å²) in [5, 5.41) is 10.9. The number of hydrogen-bond acceptors (Lipinski definition) is 4. The highest BCUT2D eigenvalue weighted by molar-refractivity contribution is 6.16.